The van der Waals surface area contributed by atoms with Crippen LogP contribution in [0.2, 0.25) is 0 Å². The molecule has 25 heavy (non-hydrogen) atoms. The molecule has 4 amide bonds. The van der Waals surface area contributed by atoms with Gasteiger partial charge in [-0.1, -0.05) is 0 Å². The minimum Gasteiger partial charge on any atom is -0.356 e. The highest BCUT2D eigenvalue weighted by Crippen LogP contribution is 2.22. The molecule has 9 heteroatoms. The zero-order valence-corrected chi connectivity index (χ0v) is 14.1. The van der Waals surface area contributed by atoms with Crippen molar-refractivity contribution in [3.8, 4) is 10.6 Å². The quantitative estimate of drug-likeness (QED) is 0.635. The van der Waals surface area contributed by atoms with Gasteiger partial charge < -0.3 is 10.6 Å². The van der Waals surface area contributed by atoms with Gasteiger partial charge in [-0.05, 0) is 18.6 Å². The molecule has 2 aromatic rings. The first-order valence-corrected chi connectivity index (χ1v) is 8.72. The summed E-state index contributed by atoms with van der Waals surface area (Å²) in [4.78, 5) is 42.8. The molecule has 130 valence electrons. The summed E-state index contributed by atoms with van der Waals surface area (Å²) in [6.07, 6.45) is 4.57. The van der Waals surface area contributed by atoms with Crippen molar-refractivity contribution in [3.63, 3.8) is 0 Å². The van der Waals surface area contributed by atoms with Crippen LogP contribution in [0.4, 0.5) is 4.79 Å². The summed E-state index contributed by atoms with van der Waals surface area (Å²) in [5.74, 6) is -0.542. The Morgan fingerprint density at radius 3 is 2.96 bits per heavy atom. The van der Waals surface area contributed by atoms with Gasteiger partial charge in [-0.2, -0.15) is 0 Å². The highest BCUT2D eigenvalue weighted by atomic mass is 32.1. The van der Waals surface area contributed by atoms with Gasteiger partial charge in [0.15, 0.2) is 0 Å². The first-order valence-electron chi connectivity index (χ1n) is 7.84. The fourth-order valence-corrected chi connectivity index (χ4v) is 3.24. The molecule has 1 fully saturated rings. The van der Waals surface area contributed by atoms with Crippen LogP contribution in [-0.2, 0) is 16.0 Å². The number of rotatable bonds is 7. The molecule has 0 radical (unpaired) electrons. The first-order chi connectivity index (χ1) is 12.1. The molecule has 0 spiro atoms. The maximum absolute atomic E-state index is 11.8. The Morgan fingerprint density at radius 2 is 2.24 bits per heavy atom. The van der Waals surface area contributed by atoms with Crippen LogP contribution >= 0.6 is 11.3 Å². The smallest absolute Gasteiger partial charge is 0.322 e. The molecule has 0 saturated carbocycles. The fraction of sp³-hybridized carbons (Fsp3) is 0.312. The lowest BCUT2D eigenvalue weighted by Crippen LogP contribution is -2.32. The van der Waals surface area contributed by atoms with Gasteiger partial charge >= 0.3 is 6.03 Å². The summed E-state index contributed by atoms with van der Waals surface area (Å²) in [5, 5.41) is 10.3. The van der Waals surface area contributed by atoms with E-state index < -0.39 is 12.1 Å². The second kappa shape index (κ2) is 7.84. The maximum Gasteiger partial charge on any atom is 0.322 e. The molecule has 1 saturated heterocycles. The SMILES string of the molecule is O=C(CC[C@H]1NC(=O)NC1=O)NCCc1csc(-c2cccnc2)n1. The Bertz CT molecular complexity index is 777. The van der Waals surface area contributed by atoms with Crippen LogP contribution in [0.3, 0.4) is 0 Å². The Kier molecular flexibility index (Phi) is 5.34. The number of hydrogen-bond donors (Lipinski definition) is 3. The third-order valence-electron chi connectivity index (χ3n) is 3.68. The van der Waals surface area contributed by atoms with Crippen molar-refractivity contribution < 1.29 is 14.4 Å². The minimum atomic E-state index is -0.626. The van der Waals surface area contributed by atoms with Crippen molar-refractivity contribution in [1.82, 2.24) is 25.9 Å². The number of aromatic nitrogens is 2. The van der Waals surface area contributed by atoms with E-state index in [1.165, 1.54) is 0 Å². The number of imide groups is 1. The van der Waals surface area contributed by atoms with Crippen molar-refractivity contribution in [1.29, 1.82) is 0 Å². The van der Waals surface area contributed by atoms with Gasteiger partial charge in [0.2, 0.25) is 5.91 Å². The average molecular weight is 359 g/mol. The van der Waals surface area contributed by atoms with E-state index in [-0.39, 0.29) is 24.7 Å². The van der Waals surface area contributed by atoms with Crippen LogP contribution in [-0.4, -0.2) is 40.4 Å². The Labute approximate surface area is 148 Å². The minimum absolute atomic E-state index is 0.156. The van der Waals surface area contributed by atoms with Gasteiger partial charge in [0.05, 0.1) is 5.69 Å². The second-order valence-electron chi connectivity index (χ2n) is 5.54. The normalized spacial score (nSPS) is 16.4. The van der Waals surface area contributed by atoms with Crippen LogP contribution in [0.25, 0.3) is 10.6 Å². The van der Waals surface area contributed by atoms with E-state index in [1.54, 1.807) is 23.7 Å². The topological polar surface area (TPSA) is 113 Å². The van der Waals surface area contributed by atoms with Gasteiger partial charge in [0.1, 0.15) is 11.0 Å². The third kappa shape index (κ3) is 4.60. The highest BCUT2D eigenvalue weighted by Gasteiger charge is 2.29. The molecule has 1 aliphatic rings. The summed E-state index contributed by atoms with van der Waals surface area (Å²) in [7, 11) is 0. The molecule has 3 N–H and O–H groups in total. The Balaban J connectivity index is 1.39. The van der Waals surface area contributed by atoms with Crippen molar-refractivity contribution in [2.75, 3.05) is 6.54 Å². The van der Waals surface area contributed by atoms with Crippen molar-refractivity contribution in [2.24, 2.45) is 0 Å². The number of thiazole rings is 1. The number of amides is 4. The summed E-state index contributed by atoms with van der Waals surface area (Å²) in [6, 6.07) is 2.68. The summed E-state index contributed by atoms with van der Waals surface area (Å²) in [6.45, 7) is 0.471. The van der Waals surface area contributed by atoms with Gasteiger partial charge in [-0.3, -0.25) is 19.9 Å². The molecular weight excluding hydrogens is 342 g/mol. The number of hydrogen-bond acceptors (Lipinski definition) is 6. The van der Waals surface area contributed by atoms with E-state index >= 15 is 0 Å². The molecule has 0 bridgehead atoms. The summed E-state index contributed by atoms with van der Waals surface area (Å²) >= 11 is 1.54. The van der Waals surface area contributed by atoms with Gasteiger partial charge in [-0.25, -0.2) is 9.78 Å². The number of nitrogens with one attached hydrogen (secondary N) is 3. The zero-order chi connectivity index (χ0) is 17.6. The fourth-order valence-electron chi connectivity index (χ4n) is 2.40. The van der Waals surface area contributed by atoms with E-state index in [1.807, 2.05) is 17.5 Å². The molecule has 8 nitrogen and oxygen atoms in total. The van der Waals surface area contributed by atoms with Crippen molar-refractivity contribution in [3.05, 3.63) is 35.6 Å². The molecule has 0 aromatic carbocycles. The van der Waals surface area contributed by atoms with Crippen LogP contribution in [0.15, 0.2) is 29.9 Å². The van der Waals surface area contributed by atoms with Crippen LogP contribution in [0.5, 0.6) is 0 Å². The number of urea groups is 1. The first kappa shape index (κ1) is 17.0. The molecule has 3 rings (SSSR count). The van der Waals surface area contributed by atoms with Crippen LogP contribution in [0, 0.1) is 0 Å². The van der Waals surface area contributed by atoms with Crippen molar-refractivity contribution >= 4 is 29.2 Å². The number of carbonyl (C=O) groups is 3. The van der Waals surface area contributed by atoms with Crippen LogP contribution in [0.1, 0.15) is 18.5 Å². The lowest BCUT2D eigenvalue weighted by molar-refractivity contribution is -0.122. The summed E-state index contributed by atoms with van der Waals surface area (Å²) < 4.78 is 0. The van der Waals surface area contributed by atoms with E-state index in [2.05, 4.69) is 25.9 Å². The van der Waals surface area contributed by atoms with E-state index in [9.17, 15) is 14.4 Å². The lowest BCUT2D eigenvalue weighted by Gasteiger charge is -2.07. The van der Waals surface area contributed by atoms with Gasteiger partial charge in [0.25, 0.3) is 5.91 Å². The second-order valence-corrected chi connectivity index (χ2v) is 6.40. The summed E-state index contributed by atoms with van der Waals surface area (Å²) in [5.41, 5.74) is 1.88. The van der Waals surface area contributed by atoms with Gasteiger partial charge in [0, 0.05) is 42.7 Å². The Hall–Kier alpha value is -2.81. The third-order valence-corrected chi connectivity index (χ3v) is 4.62. The van der Waals surface area contributed by atoms with Crippen LogP contribution < -0.4 is 16.0 Å². The molecule has 3 heterocycles. The molecular formula is C16H17N5O3S. The number of nitrogens with zero attached hydrogens (tertiary/aromatic N) is 2. The standard InChI is InChI=1S/C16H17N5O3S/c22-13(4-3-12-14(23)21-16(24)20-12)18-7-5-11-9-25-15(19-11)10-2-1-6-17-8-10/h1-2,6,8-9,12H,3-5,7H2,(H,18,22)(H2,20,21,23,24)/t12-/m1/s1. The van der Waals surface area contributed by atoms with E-state index in [0.29, 0.717) is 13.0 Å². The van der Waals surface area contributed by atoms with E-state index in [0.717, 1.165) is 16.3 Å². The maximum atomic E-state index is 11.8. The zero-order valence-electron chi connectivity index (χ0n) is 13.3. The number of pyridine rings is 1. The predicted molar refractivity (Wildman–Crippen MR) is 91.8 cm³/mol. The largest absolute Gasteiger partial charge is 0.356 e. The number of carbonyl (C=O) groups excluding carboxylic acids is 3. The monoisotopic (exact) mass is 359 g/mol. The molecule has 0 unspecified atom stereocenters. The average Bonchev–Trinajstić information content (AvgIpc) is 3.20. The van der Waals surface area contributed by atoms with Gasteiger partial charge in [-0.15, -0.1) is 11.3 Å². The Morgan fingerprint density at radius 1 is 1.36 bits per heavy atom. The molecule has 2 aromatic heterocycles. The predicted octanol–water partition coefficient (Wildman–Crippen LogP) is 0.852. The molecule has 1 atom stereocenters. The molecule has 0 aliphatic carbocycles. The highest BCUT2D eigenvalue weighted by molar-refractivity contribution is 7.13. The lowest BCUT2D eigenvalue weighted by atomic mass is 10.1. The van der Waals surface area contributed by atoms with Crippen molar-refractivity contribution in [2.45, 2.75) is 25.3 Å². The molecule has 1 aliphatic heterocycles. The van der Waals surface area contributed by atoms with E-state index in [4.69, 9.17) is 0 Å².